The lowest BCUT2D eigenvalue weighted by molar-refractivity contribution is -0.0158. The van der Waals surface area contributed by atoms with Crippen LogP contribution in [0.3, 0.4) is 0 Å². The van der Waals surface area contributed by atoms with Gasteiger partial charge < -0.3 is 10.2 Å². The van der Waals surface area contributed by atoms with Gasteiger partial charge in [0.05, 0.1) is 0 Å². The van der Waals surface area contributed by atoms with Crippen molar-refractivity contribution in [1.82, 2.24) is 10.2 Å². The first-order chi connectivity index (χ1) is 8.63. The van der Waals surface area contributed by atoms with Crippen LogP contribution in [0.5, 0.6) is 0 Å². The molecule has 1 saturated carbocycles. The normalized spacial score (nSPS) is 24.7. The van der Waals surface area contributed by atoms with Gasteiger partial charge in [0.15, 0.2) is 0 Å². The minimum absolute atomic E-state index is 0. The highest BCUT2D eigenvalue weighted by molar-refractivity contribution is 4.97. The smallest absolute Gasteiger partial charge is 0.00103 e. The third-order valence-corrected chi connectivity index (χ3v) is 5.01. The van der Waals surface area contributed by atoms with Crippen LogP contribution in [0, 0.1) is 11.3 Å². The molecule has 0 radical (unpaired) electrons. The number of nitrogens with one attached hydrogen (secondary N) is 1. The number of nitrogens with zero attached hydrogens (tertiary/aromatic N) is 1. The molecule has 18 heavy (non-hydrogen) atoms. The molecule has 1 spiro atoms. The largest absolute Gasteiger partial charge is 0.315 e. The SMILES string of the molecule is CCCN1CCC2(CC1)CC(CCNC(C)C)C2.[HH]. The van der Waals surface area contributed by atoms with Gasteiger partial charge in [0, 0.05) is 7.47 Å². The fraction of sp³-hybridized carbons (Fsp3) is 1.00. The maximum atomic E-state index is 3.55. The highest BCUT2D eigenvalue weighted by atomic mass is 15.1. The van der Waals surface area contributed by atoms with Crippen LogP contribution in [-0.2, 0) is 0 Å². The second-order valence-electron chi connectivity index (χ2n) is 7.01. The Labute approximate surface area is 115 Å². The molecule has 2 aliphatic rings. The minimum atomic E-state index is 0. The molecule has 1 aliphatic heterocycles. The molecular weight excluding hydrogens is 220 g/mol. The molecule has 1 aliphatic carbocycles. The van der Waals surface area contributed by atoms with Gasteiger partial charge >= 0.3 is 0 Å². The highest BCUT2D eigenvalue weighted by Gasteiger charge is 2.44. The standard InChI is InChI=1S/C16H32N2.H2/c1-4-9-18-10-6-16(7-11-18)12-15(13-16)5-8-17-14(2)3;/h14-15,17H,4-13H2,1-3H3;1H. The van der Waals surface area contributed by atoms with Crippen LogP contribution >= 0.6 is 0 Å². The first-order valence-electron chi connectivity index (χ1n) is 8.09. The Morgan fingerprint density at radius 2 is 1.94 bits per heavy atom. The summed E-state index contributed by atoms with van der Waals surface area (Å²) in [6.45, 7) is 12.1. The van der Waals surface area contributed by atoms with Crippen molar-refractivity contribution in [3.05, 3.63) is 0 Å². The van der Waals surface area contributed by atoms with Gasteiger partial charge in [0.1, 0.15) is 0 Å². The van der Waals surface area contributed by atoms with E-state index in [1.165, 1.54) is 64.7 Å². The maximum absolute atomic E-state index is 3.55. The molecule has 0 aromatic heterocycles. The minimum Gasteiger partial charge on any atom is -0.315 e. The molecule has 0 bridgehead atoms. The van der Waals surface area contributed by atoms with E-state index in [0.29, 0.717) is 6.04 Å². The Morgan fingerprint density at radius 1 is 1.28 bits per heavy atom. The lowest BCUT2D eigenvalue weighted by Gasteiger charge is -2.52. The third-order valence-electron chi connectivity index (χ3n) is 5.01. The average Bonchev–Trinajstić information content (AvgIpc) is 2.29. The summed E-state index contributed by atoms with van der Waals surface area (Å²) in [4.78, 5) is 2.67. The molecule has 1 saturated heterocycles. The summed E-state index contributed by atoms with van der Waals surface area (Å²) < 4.78 is 0. The predicted molar refractivity (Wildman–Crippen MR) is 81.0 cm³/mol. The van der Waals surface area contributed by atoms with Crippen LogP contribution in [0.4, 0.5) is 0 Å². The summed E-state index contributed by atoms with van der Waals surface area (Å²) in [6.07, 6.45) is 8.71. The van der Waals surface area contributed by atoms with Crippen LogP contribution in [-0.4, -0.2) is 37.1 Å². The zero-order valence-electron chi connectivity index (χ0n) is 12.7. The predicted octanol–water partition coefficient (Wildman–Crippen LogP) is 3.52. The van der Waals surface area contributed by atoms with Gasteiger partial charge in [-0.05, 0) is 76.0 Å². The van der Waals surface area contributed by atoms with E-state index in [1.54, 1.807) is 0 Å². The molecule has 1 N–H and O–H groups in total. The fourth-order valence-electron chi connectivity index (χ4n) is 3.92. The van der Waals surface area contributed by atoms with E-state index in [-0.39, 0.29) is 1.43 Å². The van der Waals surface area contributed by atoms with Gasteiger partial charge in [-0.1, -0.05) is 20.8 Å². The number of hydrogen-bond acceptors (Lipinski definition) is 2. The molecule has 0 atom stereocenters. The summed E-state index contributed by atoms with van der Waals surface area (Å²) in [7, 11) is 0. The Hall–Kier alpha value is -0.0800. The monoisotopic (exact) mass is 254 g/mol. The quantitative estimate of drug-likeness (QED) is 0.780. The Morgan fingerprint density at radius 3 is 2.50 bits per heavy atom. The molecule has 2 nitrogen and oxygen atoms in total. The van der Waals surface area contributed by atoms with Crippen molar-refractivity contribution < 1.29 is 1.43 Å². The number of piperidine rings is 1. The molecule has 0 aromatic carbocycles. The first kappa shape index (κ1) is 14.3. The lowest BCUT2D eigenvalue weighted by atomic mass is 9.57. The summed E-state index contributed by atoms with van der Waals surface area (Å²) in [5.74, 6) is 1.02. The van der Waals surface area contributed by atoms with Crippen LogP contribution in [0.15, 0.2) is 0 Å². The summed E-state index contributed by atoms with van der Waals surface area (Å²) in [5.41, 5.74) is 0.771. The molecule has 0 amide bonds. The molecule has 2 rings (SSSR count). The van der Waals surface area contributed by atoms with E-state index in [4.69, 9.17) is 0 Å². The van der Waals surface area contributed by atoms with Crippen molar-refractivity contribution in [3.8, 4) is 0 Å². The molecule has 108 valence electrons. The number of rotatable bonds is 6. The van der Waals surface area contributed by atoms with E-state index < -0.39 is 0 Å². The van der Waals surface area contributed by atoms with Crippen LogP contribution < -0.4 is 5.32 Å². The molecule has 0 unspecified atom stereocenters. The Bertz CT molecular complexity index is 239. The first-order valence-corrected chi connectivity index (χ1v) is 8.09. The summed E-state index contributed by atoms with van der Waals surface area (Å²) >= 11 is 0. The van der Waals surface area contributed by atoms with Crippen LogP contribution in [0.25, 0.3) is 0 Å². The second kappa shape index (κ2) is 6.38. The fourth-order valence-corrected chi connectivity index (χ4v) is 3.92. The molecule has 0 aromatic rings. The van der Waals surface area contributed by atoms with Crippen LogP contribution in [0.2, 0.25) is 0 Å². The summed E-state index contributed by atoms with van der Waals surface area (Å²) in [5, 5.41) is 3.55. The lowest BCUT2D eigenvalue weighted by Crippen LogP contribution is -2.47. The van der Waals surface area contributed by atoms with Gasteiger partial charge in [-0.2, -0.15) is 0 Å². The van der Waals surface area contributed by atoms with Crippen LogP contribution in [0.1, 0.15) is 60.7 Å². The molecule has 2 heteroatoms. The molecule has 2 fully saturated rings. The second-order valence-corrected chi connectivity index (χ2v) is 7.01. The van der Waals surface area contributed by atoms with Crippen molar-refractivity contribution in [1.29, 1.82) is 0 Å². The summed E-state index contributed by atoms with van der Waals surface area (Å²) in [6, 6.07) is 0.649. The van der Waals surface area contributed by atoms with Gasteiger partial charge in [0.25, 0.3) is 0 Å². The number of likely N-dealkylation sites (tertiary alicyclic amines) is 1. The highest BCUT2D eigenvalue weighted by Crippen LogP contribution is 2.53. The van der Waals surface area contributed by atoms with E-state index >= 15 is 0 Å². The van der Waals surface area contributed by atoms with Crippen molar-refractivity contribution in [2.24, 2.45) is 11.3 Å². The zero-order valence-corrected chi connectivity index (χ0v) is 12.7. The average molecular weight is 254 g/mol. The molecule has 1 heterocycles. The van der Waals surface area contributed by atoms with Crippen molar-refractivity contribution >= 4 is 0 Å². The van der Waals surface area contributed by atoms with E-state index in [9.17, 15) is 0 Å². The van der Waals surface area contributed by atoms with Crippen molar-refractivity contribution in [2.75, 3.05) is 26.2 Å². The third kappa shape index (κ3) is 3.71. The van der Waals surface area contributed by atoms with Gasteiger partial charge in [-0.25, -0.2) is 0 Å². The van der Waals surface area contributed by atoms with E-state index in [0.717, 1.165) is 11.3 Å². The van der Waals surface area contributed by atoms with Crippen molar-refractivity contribution in [3.63, 3.8) is 0 Å². The molecular formula is C16H34N2. The van der Waals surface area contributed by atoms with Gasteiger partial charge in [-0.3, -0.25) is 0 Å². The van der Waals surface area contributed by atoms with Gasteiger partial charge in [-0.15, -0.1) is 0 Å². The maximum Gasteiger partial charge on any atom is 0.00103 e. The Kier molecular flexibility index (Phi) is 5.08. The van der Waals surface area contributed by atoms with Crippen molar-refractivity contribution in [2.45, 2.75) is 65.3 Å². The van der Waals surface area contributed by atoms with E-state index in [2.05, 4.69) is 31.0 Å². The number of hydrogen-bond donors (Lipinski definition) is 1. The zero-order chi connectivity index (χ0) is 13.0. The topological polar surface area (TPSA) is 15.3 Å². The van der Waals surface area contributed by atoms with E-state index in [1.807, 2.05) is 0 Å². The van der Waals surface area contributed by atoms with Gasteiger partial charge in [0.2, 0.25) is 0 Å². The Balaban J connectivity index is 0.00000180.